The van der Waals surface area contributed by atoms with E-state index >= 15 is 0 Å². The van der Waals surface area contributed by atoms with E-state index in [1.165, 1.54) is 12.8 Å². The summed E-state index contributed by atoms with van der Waals surface area (Å²) in [6.45, 7) is 3.52. The van der Waals surface area contributed by atoms with Crippen LogP contribution in [-0.4, -0.2) is 46.8 Å². The number of benzene rings is 2. The Morgan fingerprint density at radius 3 is 2.47 bits per heavy atom. The highest BCUT2D eigenvalue weighted by atomic mass is 79.9. The molecule has 1 amide bonds. The van der Waals surface area contributed by atoms with Crippen LogP contribution in [0.2, 0.25) is 0 Å². The fourth-order valence-corrected chi connectivity index (χ4v) is 4.50. The Labute approximate surface area is 203 Å². The Kier molecular flexibility index (Phi) is 7.27. The predicted octanol–water partition coefficient (Wildman–Crippen LogP) is 5.60. The molecular weight excluding hydrogens is 513 g/mol. The molecule has 0 unspecified atom stereocenters. The minimum absolute atomic E-state index is 0.127. The number of halogens is 4. The number of alkyl halides is 3. The summed E-state index contributed by atoms with van der Waals surface area (Å²) in [5, 5.41) is 7.03. The average molecular weight is 537 g/mol. The quantitative estimate of drug-likeness (QED) is 0.427. The van der Waals surface area contributed by atoms with Crippen LogP contribution in [0.1, 0.15) is 28.8 Å². The topological polar surface area (TPSA) is 59.4 Å². The number of carbonyl (C=O) groups excluding carboxylic acids is 1. The summed E-state index contributed by atoms with van der Waals surface area (Å²) in [7, 11) is 1.81. The molecular formula is C24H24BrF3N4O2. The Hall–Kier alpha value is -2.85. The molecule has 1 aliphatic heterocycles. The summed E-state index contributed by atoms with van der Waals surface area (Å²) < 4.78 is 47.0. The maximum Gasteiger partial charge on any atom is 0.416 e. The first kappa shape index (κ1) is 24.3. The lowest BCUT2D eigenvalue weighted by molar-refractivity contribution is -0.137. The molecule has 0 saturated carbocycles. The number of hydrogen-bond donors (Lipinski definition) is 1. The van der Waals surface area contributed by atoms with E-state index in [-0.39, 0.29) is 5.56 Å². The summed E-state index contributed by atoms with van der Waals surface area (Å²) in [5.41, 5.74) is 1.32. The minimum Gasteiger partial charge on any atom is -0.492 e. The third-order valence-electron chi connectivity index (χ3n) is 5.72. The largest absolute Gasteiger partial charge is 0.492 e. The normalized spacial score (nSPS) is 14.4. The van der Waals surface area contributed by atoms with Crippen molar-refractivity contribution in [2.75, 3.05) is 31.6 Å². The number of hydrogen-bond acceptors (Lipinski definition) is 4. The monoisotopic (exact) mass is 536 g/mol. The van der Waals surface area contributed by atoms with Crippen molar-refractivity contribution in [2.24, 2.45) is 7.05 Å². The highest BCUT2D eigenvalue weighted by molar-refractivity contribution is 9.10. The average Bonchev–Trinajstić information content (AvgIpc) is 3.43. The number of aromatic nitrogens is 2. The zero-order valence-corrected chi connectivity index (χ0v) is 20.1. The van der Waals surface area contributed by atoms with Crippen molar-refractivity contribution in [3.63, 3.8) is 0 Å². The van der Waals surface area contributed by atoms with Gasteiger partial charge in [0.2, 0.25) is 0 Å². The molecule has 34 heavy (non-hydrogen) atoms. The molecule has 2 aromatic carbocycles. The van der Waals surface area contributed by atoms with E-state index in [1.807, 2.05) is 7.05 Å². The SMILES string of the molecule is Cn1ncc(Br)c1-c1cc(NC(=O)c2ccc(C(F)(F)F)cc2)ccc1OCCN1CCCC1. The van der Waals surface area contributed by atoms with Crippen LogP contribution in [0.25, 0.3) is 11.3 Å². The molecule has 0 atom stereocenters. The van der Waals surface area contributed by atoms with Gasteiger partial charge in [-0.1, -0.05) is 0 Å². The van der Waals surface area contributed by atoms with Crippen molar-refractivity contribution >= 4 is 27.5 Å². The fraction of sp³-hybridized carbons (Fsp3) is 0.333. The lowest BCUT2D eigenvalue weighted by atomic mass is 10.1. The summed E-state index contributed by atoms with van der Waals surface area (Å²) in [4.78, 5) is 15.0. The number of ether oxygens (including phenoxy) is 1. The Balaban J connectivity index is 1.54. The molecule has 180 valence electrons. The molecule has 1 N–H and O–H groups in total. The van der Waals surface area contributed by atoms with Gasteiger partial charge in [0, 0.05) is 30.4 Å². The van der Waals surface area contributed by atoms with Crippen molar-refractivity contribution in [1.29, 1.82) is 0 Å². The van der Waals surface area contributed by atoms with Crippen LogP contribution in [-0.2, 0) is 13.2 Å². The van der Waals surface area contributed by atoms with Gasteiger partial charge in [-0.25, -0.2) is 0 Å². The van der Waals surface area contributed by atoms with Gasteiger partial charge in [-0.05, 0) is 84.3 Å². The molecule has 1 fully saturated rings. The standard InChI is InChI=1S/C24H24BrF3N4O2/c1-31-22(20(25)15-29-31)19-14-18(8-9-21(19)34-13-12-32-10-2-3-11-32)30-23(33)16-4-6-17(7-5-16)24(26,27)28/h4-9,14-15H,2-3,10-13H2,1H3,(H,30,33). The molecule has 1 saturated heterocycles. The molecule has 1 aliphatic rings. The molecule has 1 aromatic heterocycles. The molecule has 10 heteroatoms. The van der Waals surface area contributed by atoms with E-state index in [9.17, 15) is 18.0 Å². The number of anilines is 1. The molecule has 0 radical (unpaired) electrons. The summed E-state index contributed by atoms with van der Waals surface area (Å²) in [5.74, 6) is 0.141. The van der Waals surface area contributed by atoms with Crippen LogP contribution >= 0.6 is 15.9 Å². The molecule has 4 rings (SSSR count). The highest BCUT2D eigenvalue weighted by Crippen LogP contribution is 2.37. The Morgan fingerprint density at radius 2 is 1.85 bits per heavy atom. The molecule has 6 nitrogen and oxygen atoms in total. The van der Waals surface area contributed by atoms with Crippen LogP contribution in [0.15, 0.2) is 53.1 Å². The first-order valence-corrected chi connectivity index (χ1v) is 11.7. The van der Waals surface area contributed by atoms with Gasteiger partial charge in [-0.2, -0.15) is 18.3 Å². The first-order chi connectivity index (χ1) is 16.2. The van der Waals surface area contributed by atoms with Gasteiger partial charge in [-0.3, -0.25) is 14.4 Å². The maximum atomic E-state index is 12.8. The van der Waals surface area contributed by atoms with E-state index in [4.69, 9.17) is 4.74 Å². The van der Waals surface area contributed by atoms with Crippen LogP contribution in [0.4, 0.5) is 18.9 Å². The van der Waals surface area contributed by atoms with Gasteiger partial charge in [0.15, 0.2) is 0 Å². The van der Waals surface area contributed by atoms with Gasteiger partial charge in [0.25, 0.3) is 5.91 Å². The smallest absolute Gasteiger partial charge is 0.416 e. The lowest BCUT2D eigenvalue weighted by Crippen LogP contribution is -2.25. The first-order valence-electron chi connectivity index (χ1n) is 10.9. The van der Waals surface area contributed by atoms with Gasteiger partial charge in [-0.15, -0.1) is 0 Å². The van der Waals surface area contributed by atoms with Crippen molar-refractivity contribution in [3.8, 4) is 17.0 Å². The van der Waals surface area contributed by atoms with Crippen molar-refractivity contribution < 1.29 is 22.7 Å². The number of amides is 1. The van der Waals surface area contributed by atoms with Gasteiger partial charge in [0.05, 0.1) is 21.9 Å². The van der Waals surface area contributed by atoms with E-state index < -0.39 is 17.6 Å². The molecule has 0 bridgehead atoms. The third kappa shape index (κ3) is 5.61. The van der Waals surface area contributed by atoms with Crippen LogP contribution in [0, 0.1) is 0 Å². The summed E-state index contributed by atoms with van der Waals surface area (Å²) >= 11 is 3.52. The second-order valence-corrected chi connectivity index (χ2v) is 8.96. The number of nitrogens with one attached hydrogen (secondary N) is 1. The van der Waals surface area contributed by atoms with Gasteiger partial charge >= 0.3 is 6.18 Å². The Morgan fingerprint density at radius 1 is 1.15 bits per heavy atom. The van der Waals surface area contributed by atoms with Crippen molar-refractivity contribution in [1.82, 2.24) is 14.7 Å². The van der Waals surface area contributed by atoms with E-state index in [0.29, 0.717) is 18.0 Å². The van der Waals surface area contributed by atoms with E-state index in [0.717, 1.165) is 59.6 Å². The molecule has 2 heterocycles. The number of aryl methyl sites for hydroxylation is 1. The molecule has 0 spiro atoms. The van der Waals surface area contributed by atoms with Crippen LogP contribution in [0.5, 0.6) is 5.75 Å². The van der Waals surface area contributed by atoms with E-state index in [2.05, 4.69) is 31.2 Å². The number of likely N-dealkylation sites (tertiary alicyclic amines) is 1. The summed E-state index contributed by atoms with van der Waals surface area (Å²) in [6.07, 6.45) is -0.358. The number of rotatable bonds is 7. The lowest BCUT2D eigenvalue weighted by Gasteiger charge is -2.18. The number of carbonyl (C=O) groups is 1. The second-order valence-electron chi connectivity index (χ2n) is 8.10. The fourth-order valence-electron chi connectivity index (χ4n) is 3.94. The predicted molar refractivity (Wildman–Crippen MR) is 127 cm³/mol. The third-order valence-corrected chi connectivity index (χ3v) is 6.31. The minimum atomic E-state index is -4.45. The highest BCUT2D eigenvalue weighted by Gasteiger charge is 2.30. The van der Waals surface area contributed by atoms with Crippen LogP contribution in [0.3, 0.4) is 0 Å². The Bertz CT molecular complexity index is 1140. The van der Waals surface area contributed by atoms with E-state index in [1.54, 1.807) is 29.1 Å². The van der Waals surface area contributed by atoms with Crippen LogP contribution < -0.4 is 10.1 Å². The van der Waals surface area contributed by atoms with Crippen molar-refractivity contribution in [2.45, 2.75) is 19.0 Å². The second kappa shape index (κ2) is 10.2. The zero-order chi connectivity index (χ0) is 24.3. The zero-order valence-electron chi connectivity index (χ0n) is 18.5. The molecule has 0 aliphatic carbocycles. The van der Waals surface area contributed by atoms with Gasteiger partial charge in [0.1, 0.15) is 12.4 Å². The van der Waals surface area contributed by atoms with Gasteiger partial charge < -0.3 is 10.1 Å². The maximum absolute atomic E-state index is 12.8. The summed E-state index contributed by atoms with van der Waals surface area (Å²) in [6, 6.07) is 9.37. The van der Waals surface area contributed by atoms with Crippen molar-refractivity contribution in [3.05, 3.63) is 64.3 Å². The number of nitrogens with zero attached hydrogens (tertiary/aromatic N) is 3. The molecule has 3 aromatic rings.